The molecule has 0 aliphatic heterocycles. The number of rotatable bonds is 69. The number of carbonyl (C=O) groups excluding carboxylic acids is 4. The third-order valence-corrected chi connectivity index (χ3v) is 18.6. The molecule has 6 atom stereocenters. The van der Waals surface area contributed by atoms with E-state index >= 15 is 0 Å². The van der Waals surface area contributed by atoms with E-state index in [1.165, 1.54) is 161 Å². The Hall–Kier alpha value is -1.94. The lowest BCUT2D eigenvalue weighted by Gasteiger charge is -2.21. The van der Waals surface area contributed by atoms with Gasteiger partial charge in [-0.15, -0.1) is 0 Å². The molecule has 0 amide bonds. The molecule has 90 heavy (non-hydrogen) atoms. The van der Waals surface area contributed by atoms with Crippen LogP contribution in [0.3, 0.4) is 0 Å². The molecule has 3 unspecified atom stereocenters. The topological polar surface area (TPSA) is 237 Å². The van der Waals surface area contributed by atoms with E-state index in [0.29, 0.717) is 25.7 Å². The van der Waals surface area contributed by atoms with Gasteiger partial charge in [-0.3, -0.25) is 37.3 Å². The Balaban J connectivity index is 5.16. The highest BCUT2D eigenvalue weighted by Gasteiger charge is 2.30. The molecule has 0 fully saturated rings. The molecule has 0 saturated carbocycles. The van der Waals surface area contributed by atoms with Gasteiger partial charge in [0, 0.05) is 25.7 Å². The normalized spacial score (nSPS) is 14.5. The number of aliphatic hydroxyl groups excluding tert-OH is 1. The fourth-order valence-electron chi connectivity index (χ4n) is 10.7. The van der Waals surface area contributed by atoms with E-state index in [4.69, 9.17) is 37.0 Å². The predicted octanol–water partition coefficient (Wildman–Crippen LogP) is 20.2. The van der Waals surface area contributed by atoms with Gasteiger partial charge >= 0.3 is 39.5 Å². The molecule has 0 aromatic rings. The summed E-state index contributed by atoms with van der Waals surface area (Å²) in [6.07, 6.45) is 46.1. The third kappa shape index (κ3) is 63.5. The van der Waals surface area contributed by atoms with Crippen LogP contribution in [-0.2, 0) is 65.4 Å². The van der Waals surface area contributed by atoms with Gasteiger partial charge in [-0.1, -0.05) is 305 Å². The first-order chi connectivity index (χ1) is 43.3. The molecule has 0 saturated heterocycles. The van der Waals surface area contributed by atoms with Crippen molar-refractivity contribution >= 4 is 39.5 Å². The molecule has 19 heteroatoms. The Morgan fingerprint density at radius 3 is 0.844 bits per heavy atom. The second-order valence-corrected chi connectivity index (χ2v) is 29.7. The molecule has 0 rings (SSSR count). The number of hydrogen-bond donors (Lipinski definition) is 3. The van der Waals surface area contributed by atoms with E-state index in [0.717, 1.165) is 114 Å². The van der Waals surface area contributed by atoms with Crippen LogP contribution in [0.2, 0.25) is 0 Å². The number of hydrogen-bond acceptors (Lipinski definition) is 15. The first kappa shape index (κ1) is 88.1. The van der Waals surface area contributed by atoms with Gasteiger partial charge in [0.1, 0.15) is 19.3 Å². The molecular formula is C71H138O17P2. The maximum atomic E-state index is 13.0. The summed E-state index contributed by atoms with van der Waals surface area (Å²) in [5.41, 5.74) is 0. The SMILES string of the molecule is CCCCCCCC(=O)OC[C@H](COP(=O)(O)OC[C@H](O)COP(=O)(O)OC[C@@H](COC(=O)CCCCCCCCCCCCCC(C)C)OC(=O)CCCCCCCCCCCCCCCCC(C)CC)OC(=O)CCCCCCCCCCCCC(C)C. The van der Waals surface area contributed by atoms with E-state index in [2.05, 4.69) is 48.5 Å². The van der Waals surface area contributed by atoms with Crippen LogP contribution in [0.25, 0.3) is 0 Å². The monoisotopic (exact) mass is 1320 g/mol. The fraction of sp³-hybridized carbons (Fsp3) is 0.944. The number of ether oxygens (including phenoxy) is 4. The first-order valence-electron chi connectivity index (χ1n) is 36.9. The summed E-state index contributed by atoms with van der Waals surface area (Å²) in [5.74, 6) is 0.234. The molecule has 0 spiro atoms. The highest BCUT2D eigenvalue weighted by molar-refractivity contribution is 7.47. The number of aliphatic hydroxyl groups is 1. The molecule has 0 aromatic heterocycles. The van der Waals surface area contributed by atoms with Crippen molar-refractivity contribution in [3.8, 4) is 0 Å². The summed E-state index contributed by atoms with van der Waals surface area (Å²) in [6, 6.07) is 0. The number of esters is 4. The summed E-state index contributed by atoms with van der Waals surface area (Å²) in [4.78, 5) is 72.3. The first-order valence-corrected chi connectivity index (χ1v) is 39.9. The summed E-state index contributed by atoms with van der Waals surface area (Å²) in [6.45, 7) is 11.8. The Morgan fingerprint density at radius 1 is 0.322 bits per heavy atom. The van der Waals surface area contributed by atoms with E-state index in [1.54, 1.807) is 0 Å². The average molecular weight is 1330 g/mol. The van der Waals surface area contributed by atoms with Crippen LogP contribution in [0.1, 0.15) is 357 Å². The van der Waals surface area contributed by atoms with Gasteiger partial charge in [0.05, 0.1) is 26.4 Å². The molecule has 534 valence electrons. The van der Waals surface area contributed by atoms with E-state index in [9.17, 15) is 43.2 Å². The minimum Gasteiger partial charge on any atom is -0.462 e. The van der Waals surface area contributed by atoms with Gasteiger partial charge in [-0.2, -0.15) is 0 Å². The van der Waals surface area contributed by atoms with Crippen molar-refractivity contribution in [1.29, 1.82) is 0 Å². The lowest BCUT2D eigenvalue weighted by Crippen LogP contribution is -2.30. The van der Waals surface area contributed by atoms with Crippen molar-refractivity contribution in [1.82, 2.24) is 0 Å². The Bertz CT molecular complexity index is 1770. The second-order valence-electron chi connectivity index (χ2n) is 26.8. The quantitative estimate of drug-likeness (QED) is 0.0222. The summed E-state index contributed by atoms with van der Waals surface area (Å²) in [5, 5.41) is 10.6. The van der Waals surface area contributed by atoms with Crippen molar-refractivity contribution in [3.05, 3.63) is 0 Å². The zero-order valence-electron chi connectivity index (χ0n) is 58.6. The van der Waals surface area contributed by atoms with Crippen LogP contribution < -0.4 is 0 Å². The number of unbranched alkanes of at least 4 members (excludes halogenated alkanes) is 36. The summed E-state index contributed by atoms with van der Waals surface area (Å²) in [7, 11) is -9.89. The van der Waals surface area contributed by atoms with Gasteiger partial charge in [-0.25, -0.2) is 9.13 Å². The summed E-state index contributed by atoms with van der Waals surface area (Å²) < 4.78 is 68.1. The van der Waals surface area contributed by atoms with Gasteiger partial charge < -0.3 is 33.8 Å². The zero-order valence-corrected chi connectivity index (χ0v) is 60.4. The smallest absolute Gasteiger partial charge is 0.462 e. The lowest BCUT2D eigenvalue weighted by atomic mass is 9.99. The maximum Gasteiger partial charge on any atom is 0.472 e. The van der Waals surface area contributed by atoms with Crippen LogP contribution in [0.15, 0.2) is 0 Å². The molecule has 0 heterocycles. The Kier molecular flexibility index (Phi) is 60.6. The molecule has 0 bridgehead atoms. The van der Waals surface area contributed by atoms with Crippen LogP contribution in [0, 0.1) is 17.8 Å². The number of phosphoric acid groups is 2. The van der Waals surface area contributed by atoms with Gasteiger partial charge in [-0.05, 0) is 43.4 Å². The maximum absolute atomic E-state index is 13.0. The van der Waals surface area contributed by atoms with E-state index in [1.807, 2.05) is 0 Å². The Labute approximate surface area is 549 Å². The van der Waals surface area contributed by atoms with Crippen molar-refractivity contribution in [2.45, 2.75) is 375 Å². The Morgan fingerprint density at radius 2 is 0.567 bits per heavy atom. The highest BCUT2D eigenvalue weighted by atomic mass is 31.2. The van der Waals surface area contributed by atoms with Gasteiger partial charge in [0.2, 0.25) is 0 Å². The highest BCUT2D eigenvalue weighted by Crippen LogP contribution is 2.45. The second kappa shape index (κ2) is 61.9. The zero-order chi connectivity index (χ0) is 66.6. The molecule has 0 aromatic carbocycles. The summed E-state index contributed by atoms with van der Waals surface area (Å²) >= 11 is 0. The average Bonchev–Trinajstić information content (AvgIpc) is 3.03. The van der Waals surface area contributed by atoms with Crippen LogP contribution >= 0.6 is 15.6 Å². The van der Waals surface area contributed by atoms with Crippen molar-refractivity contribution in [2.24, 2.45) is 17.8 Å². The molecule has 0 aliphatic carbocycles. The third-order valence-electron chi connectivity index (χ3n) is 16.7. The van der Waals surface area contributed by atoms with Crippen LogP contribution in [0.4, 0.5) is 0 Å². The fourth-order valence-corrected chi connectivity index (χ4v) is 12.3. The largest absolute Gasteiger partial charge is 0.472 e. The van der Waals surface area contributed by atoms with E-state index < -0.39 is 97.5 Å². The lowest BCUT2D eigenvalue weighted by molar-refractivity contribution is -0.161. The standard InChI is InChI=1S/C71H138O17P2/c1-8-10-11-35-45-52-68(73)81-58-66(87-70(75)55-48-41-34-28-22-21-24-30-37-43-50-63(5)6)60-85-89(77,78)83-56-65(72)57-84-90(79,80)86-61-67(59-82-69(74)53-46-39-32-26-20-16-17-23-29-36-42-49-62(3)4)88-71(76)54-47-40-33-27-19-15-13-12-14-18-25-31-38-44-51-64(7)9-2/h62-67,72H,8-61H2,1-7H3,(H,77,78)(H,79,80)/t64?,65-,66+,67+/m0/s1. The molecule has 3 N–H and O–H groups in total. The van der Waals surface area contributed by atoms with Crippen molar-refractivity contribution in [3.63, 3.8) is 0 Å². The minimum absolute atomic E-state index is 0.105. The van der Waals surface area contributed by atoms with Crippen molar-refractivity contribution in [2.75, 3.05) is 39.6 Å². The minimum atomic E-state index is -4.95. The number of carbonyl (C=O) groups is 4. The van der Waals surface area contributed by atoms with Gasteiger partial charge in [0.15, 0.2) is 12.2 Å². The van der Waals surface area contributed by atoms with Gasteiger partial charge in [0.25, 0.3) is 0 Å². The number of phosphoric ester groups is 2. The molecule has 17 nitrogen and oxygen atoms in total. The molecule has 0 radical (unpaired) electrons. The van der Waals surface area contributed by atoms with Crippen LogP contribution in [-0.4, -0.2) is 96.7 Å². The van der Waals surface area contributed by atoms with Crippen LogP contribution in [0.5, 0.6) is 0 Å². The molecular weight excluding hydrogens is 1190 g/mol. The molecule has 0 aliphatic rings. The predicted molar refractivity (Wildman–Crippen MR) is 363 cm³/mol. The van der Waals surface area contributed by atoms with Crippen molar-refractivity contribution < 1.29 is 80.2 Å². The van der Waals surface area contributed by atoms with E-state index in [-0.39, 0.29) is 25.7 Å².